The number of carbonyl (C=O) groups excluding carboxylic acids is 2. The lowest BCUT2D eigenvalue weighted by molar-refractivity contribution is -0.192. The predicted octanol–water partition coefficient (Wildman–Crippen LogP) is 1.22. The second-order valence-corrected chi connectivity index (χ2v) is 5.39. The molecular weight excluding hydrogens is 375 g/mol. The number of hydrazine groups is 1. The third-order valence-corrected chi connectivity index (χ3v) is 3.50. The molecule has 11 nitrogen and oxygen atoms in total. The number of aliphatic carboxylic acids is 1. The van der Waals surface area contributed by atoms with E-state index in [1.54, 1.807) is 9.80 Å². The van der Waals surface area contributed by atoms with Gasteiger partial charge in [0.25, 0.3) is 0 Å². The highest BCUT2D eigenvalue weighted by molar-refractivity contribution is 5.77. The molecule has 1 saturated heterocycles. The van der Waals surface area contributed by atoms with Crippen LogP contribution in [-0.4, -0.2) is 71.7 Å². The maximum absolute atomic E-state index is 11.9. The van der Waals surface area contributed by atoms with Crippen molar-refractivity contribution < 1.29 is 32.7 Å². The van der Waals surface area contributed by atoms with Gasteiger partial charge in [-0.05, 0) is 18.4 Å². The molecule has 0 aromatic carbocycles. The molecule has 0 aromatic rings. The molecule has 3 amide bonds. The number of halogens is 3. The molecule has 1 aliphatic rings. The van der Waals surface area contributed by atoms with Crippen molar-refractivity contribution in [3.8, 4) is 0 Å². The van der Waals surface area contributed by atoms with E-state index in [1.165, 1.54) is 0 Å². The molecule has 0 atom stereocenters. The predicted molar refractivity (Wildman–Crippen MR) is 87.0 cm³/mol. The van der Waals surface area contributed by atoms with Crippen LogP contribution in [0.4, 0.5) is 18.0 Å². The Morgan fingerprint density at radius 3 is 2.07 bits per heavy atom. The number of carboxylic acids is 1. The van der Waals surface area contributed by atoms with E-state index in [0.717, 1.165) is 19.3 Å². The van der Waals surface area contributed by atoms with Crippen molar-refractivity contribution in [3.05, 3.63) is 10.4 Å². The highest BCUT2D eigenvalue weighted by atomic mass is 19.4. The van der Waals surface area contributed by atoms with Gasteiger partial charge < -0.3 is 14.9 Å². The largest absolute Gasteiger partial charge is 0.490 e. The lowest BCUT2D eigenvalue weighted by atomic mass is 10.1. The highest BCUT2D eigenvalue weighted by Gasteiger charge is 2.38. The molecule has 27 heavy (non-hydrogen) atoms. The third-order valence-electron chi connectivity index (χ3n) is 3.50. The summed E-state index contributed by atoms with van der Waals surface area (Å²) in [6, 6.07) is -0.310. The Bertz CT molecular complexity index is 545. The monoisotopic (exact) mass is 397 g/mol. The summed E-state index contributed by atoms with van der Waals surface area (Å²) in [5.41, 5.74) is 10.2. The number of carbonyl (C=O) groups is 3. The van der Waals surface area contributed by atoms with Gasteiger partial charge in [-0.15, -0.1) is 0 Å². The van der Waals surface area contributed by atoms with Crippen molar-refractivity contribution in [2.24, 2.45) is 11.0 Å². The Kier molecular flexibility index (Phi) is 11.3. The molecule has 154 valence electrons. The average molecular weight is 397 g/mol. The number of nitrogens with two attached hydrogens (primary N) is 1. The summed E-state index contributed by atoms with van der Waals surface area (Å²) in [4.78, 5) is 38.2. The zero-order valence-corrected chi connectivity index (χ0v) is 14.5. The van der Waals surface area contributed by atoms with Gasteiger partial charge in [0.2, 0.25) is 5.91 Å². The molecule has 0 aromatic heterocycles. The first kappa shape index (κ1) is 24.3. The van der Waals surface area contributed by atoms with Gasteiger partial charge in [-0.1, -0.05) is 11.5 Å². The van der Waals surface area contributed by atoms with Gasteiger partial charge in [0.05, 0.1) is 0 Å². The number of amides is 3. The molecule has 0 aliphatic carbocycles. The topological polar surface area (TPSA) is 165 Å². The first-order valence-corrected chi connectivity index (χ1v) is 7.97. The first-order valence-electron chi connectivity index (χ1n) is 7.97. The summed E-state index contributed by atoms with van der Waals surface area (Å²) >= 11 is 0. The Morgan fingerprint density at radius 2 is 1.63 bits per heavy atom. The molecule has 0 saturated carbocycles. The summed E-state index contributed by atoms with van der Waals surface area (Å²) in [6.45, 7) is 2.59. The number of hydrogen-bond donors (Lipinski definition) is 3. The normalized spacial score (nSPS) is 13.8. The minimum absolute atomic E-state index is 0.113. The maximum Gasteiger partial charge on any atom is 0.490 e. The Morgan fingerprint density at radius 1 is 1.11 bits per heavy atom. The molecule has 14 heteroatoms. The van der Waals surface area contributed by atoms with Crippen molar-refractivity contribution in [1.29, 1.82) is 0 Å². The van der Waals surface area contributed by atoms with Gasteiger partial charge in [-0.2, -0.15) is 13.2 Å². The quantitative estimate of drug-likeness (QED) is 0.116. The maximum atomic E-state index is 11.9. The number of piperazine rings is 1. The van der Waals surface area contributed by atoms with E-state index < -0.39 is 12.1 Å². The standard InChI is InChI=1S/C11H21N7O2.C2HF3O2/c12-15-11(20)18-8-6-17(7-9-18)10(19)4-2-1-3-5-14-16-13;3-2(4,5)1(6)7/h1-9,12H2,(H,15,20);(H,6,7). The van der Waals surface area contributed by atoms with Crippen molar-refractivity contribution in [1.82, 2.24) is 15.2 Å². The van der Waals surface area contributed by atoms with Crippen LogP contribution in [-0.2, 0) is 9.59 Å². The van der Waals surface area contributed by atoms with Crippen LogP contribution < -0.4 is 11.3 Å². The van der Waals surface area contributed by atoms with Crippen molar-refractivity contribution >= 4 is 17.9 Å². The van der Waals surface area contributed by atoms with E-state index in [2.05, 4.69) is 15.5 Å². The summed E-state index contributed by atoms with van der Waals surface area (Å²) < 4.78 is 31.7. The van der Waals surface area contributed by atoms with Crippen molar-refractivity contribution in [2.75, 3.05) is 32.7 Å². The smallest absolute Gasteiger partial charge is 0.475 e. The van der Waals surface area contributed by atoms with Gasteiger partial charge in [-0.3, -0.25) is 10.2 Å². The van der Waals surface area contributed by atoms with E-state index in [-0.39, 0.29) is 11.9 Å². The van der Waals surface area contributed by atoms with Crippen molar-refractivity contribution in [2.45, 2.75) is 31.9 Å². The van der Waals surface area contributed by atoms with E-state index in [9.17, 15) is 22.8 Å². The molecule has 0 radical (unpaired) electrons. The van der Waals surface area contributed by atoms with Gasteiger partial charge in [0.15, 0.2) is 0 Å². The minimum Gasteiger partial charge on any atom is -0.475 e. The fourth-order valence-electron chi connectivity index (χ4n) is 2.09. The molecule has 1 aliphatic heterocycles. The molecule has 0 bridgehead atoms. The van der Waals surface area contributed by atoms with Crippen LogP contribution in [0.3, 0.4) is 0 Å². The van der Waals surface area contributed by atoms with Crippen molar-refractivity contribution in [3.63, 3.8) is 0 Å². The van der Waals surface area contributed by atoms with Crippen LogP contribution >= 0.6 is 0 Å². The number of hydrogen-bond acceptors (Lipinski definition) is 5. The Labute approximate surface area is 152 Å². The zero-order valence-electron chi connectivity index (χ0n) is 14.5. The van der Waals surface area contributed by atoms with Gasteiger partial charge in [0, 0.05) is 44.1 Å². The molecular formula is C13H22F3N7O4. The number of urea groups is 1. The van der Waals surface area contributed by atoms with Gasteiger partial charge in [-0.25, -0.2) is 15.4 Å². The number of nitrogens with zero attached hydrogens (tertiary/aromatic N) is 5. The van der Waals surface area contributed by atoms with E-state index in [4.69, 9.17) is 21.3 Å². The van der Waals surface area contributed by atoms with Gasteiger partial charge in [0.1, 0.15) is 0 Å². The molecule has 1 heterocycles. The third kappa shape index (κ3) is 10.8. The number of rotatable bonds is 6. The number of alkyl halides is 3. The summed E-state index contributed by atoms with van der Waals surface area (Å²) in [6.07, 6.45) is -2.11. The summed E-state index contributed by atoms with van der Waals surface area (Å²) in [5.74, 6) is 2.42. The lowest BCUT2D eigenvalue weighted by Gasteiger charge is -2.34. The molecule has 1 rings (SSSR count). The van der Waals surface area contributed by atoms with E-state index in [1.807, 2.05) is 0 Å². The van der Waals surface area contributed by atoms with E-state index in [0.29, 0.717) is 39.1 Å². The van der Waals surface area contributed by atoms with E-state index >= 15 is 0 Å². The Balaban J connectivity index is 0.000000821. The summed E-state index contributed by atoms with van der Waals surface area (Å²) in [5, 5.41) is 10.6. The number of azide groups is 1. The second-order valence-electron chi connectivity index (χ2n) is 5.39. The fourth-order valence-corrected chi connectivity index (χ4v) is 2.09. The summed E-state index contributed by atoms with van der Waals surface area (Å²) in [7, 11) is 0. The van der Waals surface area contributed by atoms with Crippen LogP contribution in [0.1, 0.15) is 25.7 Å². The van der Waals surface area contributed by atoms with Gasteiger partial charge >= 0.3 is 18.2 Å². The Hall–Kier alpha value is -2.73. The number of nitrogens with one attached hydrogen (secondary N) is 1. The number of unbranched alkanes of at least 4 members (excludes halogenated alkanes) is 2. The lowest BCUT2D eigenvalue weighted by Crippen LogP contribution is -2.54. The molecule has 0 unspecified atom stereocenters. The molecule has 4 N–H and O–H groups in total. The fraction of sp³-hybridized carbons (Fsp3) is 0.769. The average Bonchev–Trinajstić information content (AvgIpc) is 2.63. The second kappa shape index (κ2) is 12.6. The van der Waals surface area contributed by atoms with Crippen LogP contribution in [0.15, 0.2) is 5.11 Å². The van der Waals surface area contributed by atoms with Crippen LogP contribution in [0.25, 0.3) is 10.4 Å². The highest BCUT2D eigenvalue weighted by Crippen LogP contribution is 2.13. The van der Waals surface area contributed by atoms with Crippen LogP contribution in [0, 0.1) is 0 Å². The van der Waals surface area contributed by atoms with Crippen LogP contribution in [0.2, 0.25) is 0 Å². The number of carboxylic acid groups (broad SMARTS) is 1. The SMILES string of the molecule is O=C(O)C(F)(F)F.[N-]=[N+]=NCCCCCC(=O)N1CCN(C(=O)NN)CC1. The minimum atomic E-state index is -5.08. The molecule has 0 spiro atoms. The zero-order chi connectivity index (χ0) is 20.9. The molecule has 1 fully saturated rings. The first-order chi connectivity index (χ1) is 12.6. The van der Waals surface area contributed by atoms with Crippen LogP contribution in [0.5, 0.6) is 0 Å².